The molecule has 0 aliphatic carbocycles. The number of nitrogens with one attached hydrogen (secondary N) is 1. The average Bonchev–Trinajstić information content (AvgIpc) is 2.26. The second-order valence-electron chi connectivity index (χ2n) is 3.86. The quantitative estimate of drug-likeness (QED) is 0.742. The number of amides is 2. The van der Waals surface area contributed by atoms with Crippen LogP contribution in [-0.2, 0) is 15.1 Å². The predicted molar refractivity (Wildman–Crippen MR) is 67.9 cm³/mol. The van der Waals surface area contributed by atoms with Gasteiger partial charge in [-0.1, -0.05) is 28.1 Å². The molecule has 0 aromatic heterocycles. The number of primary amides is 1. The van der Waals surface area contributed by atoms with Gasteiger partial charge in [0.2, 0.25) is 11.8 Å². The van der Waals surface area contributed by atoms with E-state index in [0.29, 0.717) is 5.56 Å². The first-order valence-electron chi connectivity index (χ1n) is 4.95. The summed E-state index contributed by atoms with van der Waals surface area (Å²) in [4.78, 5) is 22.4. The minimum Gasteiger partial charge on any atom is -0.368 e. The number of carbonyl (C=O) groups is 2. The lowest BCUT2D eigenvalue weighted by Gasteiger charge is -2.23. The molecule has 6 heteroatoms. The van der Waals surface area contributed by atoms with Crippen LogP contribution in [0.5, 0.6) is 0 Å². The summed E-state index contributed by atoms with van der Waals surface area (Å²) >= 11 is 3.30. The third kappa shape index (κ3) is 3.54. The average molecular weight is 300 g/mol. The molecule has 0 fully saturated rings. The summed E-state index contributed by atoms with van der Waals surface area (Å²) in [5.41, 5.74) is 10.3. The Morgan fingerprint density at radius 3 is 2.35 bits per heavy atom. The Bertz CT molecular complexity index is 429. The van der Waals surface area contributed by atoms with Crippen LogP contribution in [0.1, 0.15) is 12.5 Å². The molecule has 1 aromatic carbocycles. The van der Waals surface area contributed by atoms with Gasteiger partial charge in [0.05, 0.1) is 6.54 Å². The van der Waals surface area contributed by atoms with E-state index in [1.807, 2.05) is 0 Å². The van der Waals surface area contributed by atoms with Crippen LogP contribution in [0.4, 0.5) is 0 Å². The van der Waals surface area contributed by atoms with Crippen molar-refractivity contribution < 1.29 is 9.59 Å². The van der Waals surface area contributed by atoms with Crippen molar-refractivity contribution in [1.29, 1.82) is 0 Å². The maximum atomic E-state index is 11.8. The number of hydrogen-bond acceptors (Lipinski definition) is 3. The lowest BCUT2D eigenvalue weighted by molar-refractivity contribution is -0.128. The van der Waals surface area contributed by atoms with Gasteiger partial charge < -0.3 is 16.8 Å². The Kier molecular flexibility index (Phi) is 4.25. The van der Waals surface area contributed by atoms with E-state index >= 15 is 0 Å². The Morgan fingerprint density at radius 1 is 1.35 bits per heavy atom. The molecule has 0 saturated heterocycles. The number of hydrogen-bond donors (Lipinski definition) is 3. The number of nitrogens with two attached hydrogens (primary N) is 2. The largest absolute Gasteiger partial charge is 0.368 e. The molecular formula is C11H14BrN3O2. The van der Waals surface area contributed by atoms with Gasteiger partial charge in [-0.3, -0.25) is 9.59 Å². The topological polar surface area (TPSA) is 98.2 Å². The molecule has 0 aliphatic heterocycles. The van der Waals surface area contributed by atoms with Crippen molar-refractivity contribution in [1.82, 2.24) is 5.32 Å². The van der Waals surface area contributed by atoms with Gasteiger partial charge >= 0.3 is 0 Å². The van der Waals surface area contributed by atoms with Crippen molar-refractivity contribution in [2.24, 2.45) is 11.5 Å². The summed E-state index contributed by atoms with van der Waals surface area (Å²) in [6.45, 7) is 1.36. The van der Waals surface area contributed by atoms with Crippen LogP contribution < -0.4 is 16.8 Å². The highest BCUT2D eigenvalue weighted by Crippen LogP contribution is 2.20. The SMILES string of the molecule is CC(N)(C(=O)NCC(N)=O)c1ccc(Br)cc1. The minimum atomic E-state index is -1.20. The first-order valence-corrected chi connectivity index (χ1v) is 5.75. The first kappa shape index (κ1) is 13.7. The van der Waals surface area contributed by atoms with Gasteiger partial charge in [0.1, 0.15) is 5.54 Å². The van der Waals surface area contributed by atoms with Gasteiger partial charge in [-0.15, -0.1) is 0 Å². The maximum Gasteiger partial charge on any atom is 0.244 e. The number of carbonyl (C=O) groups excluding carboxylic acids is 2. The van der Waals surface area contributed by atoms with Crippen molar-refractivity contribution >= 4 is 27.7 Å². The van der Waals surface area contributed by atoms with Crippen molar-refractivity contribution in [2.75, 3.05) is 6.54 Å². The highest BCUT2D eigenvalue weighted by Gasteiger charge is 2.30. The number of halogens is 1. The van der Waals surface area contributed by atoms with Gasteiger partial charge in [0.15, 0.2) is 0 Å². The molecule has 5 nitrogen and oxygen atoms in total. The molecule has 2 amide bonds. The van der Waals surface area contributed by atoms with Gasteiger partial charge in [0.25, 0.3) is 0 Å². The molecule has 0 radical (unpaired) electrons. The fourth-order valence-electron chi connectivity index (χ4n) is 1.28. The van der Waals surface area contributed by atoms with Crippen LogP contribution in [0.15, 0.2) is 28.7 Å². The zero-order valence-corrected chi connectivity index (χ0v) is 11.0. The molecule has 0 saturated carbocycles. The molecule has 0 heterocycles. The van der Waals surface area contributed by atoms with Crippen molar-refractivity contribution in [3.8, 4) is 0 Å². The van der Waals surface area contributed by atoms with Gasteiger partial charge in [-0.25, -0.2) is 0 Å². The predicted octanol–water partition coefficient (Wildman–Crippen LogP) is 0.225. The molecule has 0 aliphatic rings. The van der Waals surface area contributed by atoms with Gasteiger partial charge in [-0.05, 0) is 24.6 Å². The van der Waals surface area contributed by atoms with E-state index in [1.54, 1.807) is 31.2 Å². The van der Waals surface area contributed by atoms with Crippen molar-refractivity contribution in [3.63, 3.8) is 0 Å². The van der Waals surface area contributed by atoms with Crippen LogP contribution in [-0.4, -0.2) is 18.4 Å². The van der Waals surface area contributed by atoms with E-state index in [2.05, 4.69) is 21.2 Å². The smallest absolute Gasteiger partial charge is 0.244 e. The molecule has 0 bridgehead atoms. The Balaban J connectivity index is 2.82. The molecule has 5 N–H and O–H groups in total. The zero-order valence-electron chi connectivity index (χ0n) is 9.37. The van der Waals surface area contributed by atoms with E-state index in [9.17, 15) is 9.59 Å². The molecule has 92 valence electrons. The molecule has 17 heavy (non-hydrogen) atoms. The molecule has 1 unspecified atom stereocenters. The monoisotopic (exact) mass is 299 g/mol. The Morgan fingerprint density at radius 2 is 1.88 bits per heavy atom. The van der Waals surface area contributed by atoms with Crippen LogP contribution in [0.25, 0.3) is 0 Å². The molecule has 1 atom stereocenters. The minimum absolute atomic E-state index is 0.220. The van der Waals surface area contributed by atoms with E-state index in [0.717, 1.165) is 4.47 Å². The highest BCUT2D eigenvalue weighted by molar-refractivity contribution is 9.10. The standard InChI is InChI=1S/C11H14BrN3O2/c1-11(14,10(17)15-6-9(13)16)7-2-4-8(12)5-3-7/h2-5H,6,14H2,1H3,(H2,13,16)(H,15,17). The van der Waals surface area contributed by atoms with Gasteiger partial charge in [-0.2, -0.15) is 0 Å². The van der Waals surface area contributed by atoms with E-state index in [4.69, 9.17) is 11.5 Å². The highest BCUT2D eigenvalue weighted by atomic mass is 79.9. The third-order valence-electron chi connectivity index (χ3n) is 2.34. The van der Waals surface area contributed by atoms with Crippen molar-refractivity contribution in [2.45, 2.75) is 12.5 Å². The molecule has 1 rings (SSSR count). The zero-order chi connectivity index (χ0) is 13.1. The van der Waals surface area contributed by atoms with Crippen LogP contribution in [0.3, 0.4) is 0 Å². The van der Waals surface area contributed by atoms with Crippen LogP contribution >= 0.6 is 15.9 Å². The number of benzene rings is 1. The Labute approximate surface area is 108 Å². The fourth-order valence-corrected chi connectivity index (χ4v) is 1.54. The molecular weight excluding hydrogens is 286 g/mol. The normalized spacial score (nSPS) is 13.8. The van der Waals surface area contributed by atoms with Gasteiger partial charge in [0, 0.05) is 4.47 Å². The number of rotatable bonds is 4. The van der Waals surface area contributed by atoms with Crippen LogP contribution in [0.2, 0.25) is 0 Å². The second-order valence-corrected chi connectivity index (χ2v) is 4.77. The molecule has 0 spiro atoms. The summed E-state index contributed by atoms with van der Waals surface area (Å²) in [6, 6.07) is 7.07. The Hall–Kier alpha value is -1.40. The summed E-state index contributed by atoms with van der Waals surface area (Å²) in [7, 11) is 0. The summed E-state index contributed by atoms with van der Waals surface area (Å²) < 4.78 is 0.898. The molecule has 1 aromatic rings. The summed E-state index contributed by atoms with van der Waals surface area (Å²) in [5, 5.41) is 2.39. The lowest BCUT2D eigenvalue weighted by atomic mass is 9.92. The van der Waals surface area contributed by atoms with Crippen LogP contribution in [0, 0.1) is 0 Å². The van der Waals surface area contributed by atoms with E-state index in [-0.39, 0.29) is 6.54 Å². The van der Waals surface area contributed by atoms with Crippen molar-refractivity contribution in [3.05, 3.63) is 34.3 Å². The lowest BCUT2D eigenvalue weighted by Crippen LogP contribution is -2.50. The second kappa shape index (κ2) is 5.29. The fraction of sp³-hybridized carbons (Fsp3) is 0.273. The third-order valence-corrected chi connectivity index (χ3v) is 2.87. The summed E-state index contributed by atoms with van der Waals surface area (Å²) in [5.74, 6) is -1.05. The summed E-state index contributed by atoms with van der Waals surface area (Å²) in [6.07, 6.45) is 0. The van der Waals surface area contributed by atoms with E-state index in [1.165, 1.54) is 0 Å². The van der Waals surface area contributed by atoms with E-state index < -0.39 is 17.4 Å². The maximum absolute atomic E-state index is 11.8. The first-order chi connectivity index (χ1) is 7.84.